The Labute approximate surface area is 105 Å². The third-order valence-electron chi connectivity index (χ3n) is 3.54. The van der Waals surface area contributed by atoms with Gasteiger partial charge in [-0.1, -0.05) is 19.9 Å². The van der Waals surface area contributed by atoms with E-state index in [9.17, 15) is 5.11 Å². The van der Waals surface area contributed by atoms with Crippen molar-refractivity contribution >= 4 is 5.69 Å². The number of benzene rings is 1. The van der Waals surface area contributed by atoms with Crippen LogP contribution in [-0.2, 0) is 0 Å². The molecule has 0 bridgehead atoms. The molecule has 0 saturated heterocycles. The Morgan fingerprint density at radius 2 is 1.53 bits per heavy atom. The zero-order valence-electron chi connectivity index (χ0n) is 11.9. The summed E-state index contributed by atoms with van der Waals surface area (Å²) in [5, 5.41) is 12.8. The maximum Gasteiger partial charge on any atom is 0.0498 e. The first-order valence-corrected chi connectivity index (χ1v) is 6.20. The molecule has 1 rings (SSSR count). The van der Waals surface area contributed by atoms with Gasteiger partial charge in [-0.2, -0.15) is 0 Å². The lowest BCUT2D eigenvalue weighted by Gasteiger charge is -2.25. The van der Waals surface area contributed by atoms with Crippen molar-refractivity contribution < 1.29 is 5.11 Å². The fourth-order valence-corrected chi connectivity index (χ4v) is 1.87. The van der Waals surface area contributed by atoms with Gasteiger partial charge in [-0.15, -0.1) is 0 Å². The van der Waals surface area contributed by atoms with Gasteiger partial charge in [0.15, 0.2) is 0 Å². The predicted molar refractivity (Wildman–Crippen MR) is 74.7 cm³/mol. The summed E-state index contributed by atoms with van der Waals surface area (Å²) in [7, 11) is 0. The number of hydrogen-bond acceptors (Lipinski definition) is 2. The molecule has 2 heteroatoms. The van der Waals surface area contributed by atoms with Crippen LogP contribution in [0.1, 0.15) is 36.1 Å². The maximum atomic E-state index is 9.28. The molecule has 0 unspecified atom stereocenters. The fourth-order valence-electron chi connectivity index (χ4n) is 1.87. The fraction of sp³-hybridized carbons (Fsp3) is 0.600. The topological polar surface area (TPSA) is 32.3 Å². The molecule has 2 nitrogen and oxygen atoms in total. The van der Waals surface area contributed by atoms with Crippen LogP contribution in [0.5, 0.6) is 0 Å². The van der Waals surface area contributed by atoms with Crippen LogP contribution in [0.15, 0.2) is 6.07 Å². The van der Waals surface area contributed by atoms with Crippen LogP contribution in [0.3, 0.4) is 0 Å². The normalized spacial score (nSPS) is 11.7. The monoisotopic (exact) mass is 235 g/mol. The van der Waals surface area contributed by atoms with E-state index in [0.717, 1.165) is 6.54 Å². The minimum absolute atomic E-state index is 0.0868. The largest absolute Gasteiger partial charge is 0.396 e. The maximum absolute atomic E-state index is 9.28. The quantitative estimate of drug-likeness (QED) is 0.839. The van der Waals surface area contributed by atoms with Gasteiger partial charge < -0.3 is 10.4 Å². The van der Waals surface area contributed by atoms with Crippen molar-refractivity contribution in [2.24, 2.45) is 5.41 Å². The molecule has 0 amide bonds. The van der Waals surface area contributed by atoms with E-state index in [1.165, 1.54) is 27.9 Å². The molecule has 0 aliphatic heterocycles. The van der Waals surface area contributed by atoms with Crippen molar-refractivity contribution in [1.82, 2.24) is 0 Å². The number of aliphatic hydroxyl groups is 1. The number of aliphatic hydroxyl groups excluding tert-OH is 1. The smallest absolute Gasteiger partial charge is 0.0498 e. The van der Waals surface area contributed by atoms with Crippen LogP contribution in [0, 0.1) is 33.1 Å². The SMILES string of the molecule is Cc1cc(C)c(C)c(NCC(C)(C)CO)c1C. The molecule has 0 heterocycles. The first-order chi connectivity index (χ1) is 7.78. The second-order valence-electron chi connectivity index (χ2n) is 5.81. The van der Waals surface area contributed by atoms with E-state index >= 15 is 0 Å². The first kappa shape index (κ1) is 14.0. The molecule has 0 aliphatic carbocycles. The molecule has 0 radical (unpaired) electrons. The number of aryl methyl sites for hydroxylation is 2. The molecule has 0 saturated carbocycles. The van der Waals surface area contributed by atoms with Crippen LogP contribution in [0.4, 0.5) is 5.69 Å². The van der Waals surface area contributed by atoms with Crippen molar-refractivity contribution in [2.45, 2.75) is 41.5 Å². The highest BCUT2D eigenvalue weighted by Gasteiger charge is 2.17. The summed E-state index contributed by atoms with van der Waals surface area (Å²) in [4.78, 5) is 0. The van der Waals surface area contributed by atoms with E-state index < -0.39 is 0 Å². The summed E-state index contributed by atoms with van der Waals surface area (Å²) in [6.07, 6.45) is 0. The van der Waals surface area contributed by atoms with Gasteiger partial charge in [0.1, 0.15) is 0 Å². The Bertz CT molecular complexity index is 382. The van der Waals surface area contributed by atoms with E-state index in [0.29, 0.717) is 0 Å². The van der Waals surface area contributed by atoms with Crippen LogP contribution >= 0.6 is 0 Å². The molecule has 0 aliphatic rings. The zero-order valence-corrected chi connectivity index (χ0v) is 11.9. The third kappa shape index (κ3) is 3.22. The molecule has 0 aromatic heterocycles. The first-order valence-electron chi connectivity index (χ1n) is 6.20. The van der Waals surface area contributed by atoms with E-state index in [4.69, 9.17) is 0 Å². The van der Waals surface area contributed by atoms with Gasteiger partial charge in [-0.05, 0) is 49.9 Å². The highest BCUT2D eigenvalue weighted by Crippen LogP contribution is 2.27. The van der Waals surface area contributed by atoms with Crippen LogP contribution < -0.4 is 5.32 Å². The Morgan fingerprint density at radius 1 is 1.06 bits per heavy atom. The van der Waals surface area contributed by atoms with E-state index in [1.54, 1.807) is 0 Å². The number of hydrogen-bond donors (Lipinski definition) is 2. The van der Waals surface area contributed by atoms with Crippen molar-refractivity contribution in [3.8, 4) is 0 Å². The highest BCUT2D eigenvalue weighted by molar-refractivity contribution is 5.62. The van der Waals surface area contributed by atoms with E-state index in [2.05, 4.69) is 52.9 Å². The van der Waals surface area contributed by atoms with Gasteiger partial charge in [0, 0.05) is 24.3 Å². The molecular formula is C15H25NO. The van der Waals surface area contributed by atoms with Crippen LogP contribution in [0.25, 0.3) is 0 Å². The van der Waals surface area contributed by atoms with Gasteiger partial charge >= 0.3 is 0 Å². The molecule has 96 valence electrons. The Kier molecular flexibility index (Phi) is 4.21. The van der Waals surface area contributed by atoms with Gasteiger partial charge in [-0.25, -0.2) is 0 Å². The molecule has 0 spiro atoms. The van der Waals surface area contributed by atoms with Gasteiger partial charge in [0.2, 0.25) is 0 Å². The summed E-state index contributed by atoms with van der Waals surface area (Å²) in [5.41, 5.74) is 6.39. The molecule has 2 N–H and O–H groups in total. The number of anilines is 1. The lowest BCUT2D eigenvalue weighted by atomic mass is 9.93. The Balaban J connectivity index is 2.99. The Morgan fingerprint density at radius 3 is 1.94 bits per heavy atom. The lowest BCUT2D eigenvalue weighted by molar-refractivity contribution is 0.171. The number of rotatable bonds is 4. The zero-order chi connectivity index (χ0) is 13.2. The van der Waals surface area contributed by atoms with Crippen molar-refractivity contribution in [3.05, 3.63) is 28.3 Å². The molecular weight excluding hydrogens is 210 g/mol. The molecule has 1 aromatic carbocycles. The van der Waals surface area contributed by atoms with Crippen molar-refractivity contribution in [2.75, 3.05) is 18.5 Å². The minimum Gasteiger partial charge on any atom is -0.396 e. The molecule has 0 atom stereocenters. The highest BCUT2D eigenvalue weighted by atomic mass is 16.3. The van der Waals surface area contributed by atoms with E-state index in [1.807, 2.05) is 0 Å². The standard InChI is InChI=1S/C15H25NO/c1-10-7-11(2)13(4)14(12(10)3)16-8-15(5,6)9-17/h7,16-17H,8-9H2,1-6H3. The molecule has 17 heavy (non-hydrogen) atoms. The van der Waals surface area contributed by atoms with Crippen molar-refractivity contribution in [1.29, 1.82) is 0 Å². The molecule has 0 fully saturated rings. The van der Waals surface area contributed by atoms with E-state index in [-0.39, 0.29) is 12.0 Å². The summed E-state index contributed by atoms with van der Waals surface area (Å²) in [6.45, 7) is 13.7. The Hall–Kier alpha value is -1.02. The van der Waals surface area contributed by atoms with Crippen molar-refractivity contribution in [3.63, 3.8) is 0 Å². The average Bonchev–Trinajstić information content (AvgIpc) is 2.26. The second kappa shape index (κ2) is 5.09. The van der Waals surface area contributed by atoms with Gasteiger partial charge in [-0.3, -0.25) is 0 Å². The summed E-state index contributed by atoms with van der Waals surface area (Å²) in [5.74, 6) is 0. The third-order valence-corrected chi connectivity index (χ3v) is 3.54. The average molecular weight is 235 g/mol. The van der Waals surface area contributed by atoms with Gasteiger partial charge in [0.25, 0.3) is 0 Å². The second-order valence-corrected chi connectivity index (χ2v) is 5.81. The summed E-state index contributed by atoms with van der Waals surface area (Å²) >= 11 is 0. The minimum atomic E-state index is -0.0868. The van der Waals surface area contributed by atoms with Crippen LogP contribution in [0.2, 0.25) is 0 Å². The summed E-state index contributed by atoms with van der Waals surface area (Å²) in [6, 6.07) is 2.23. The number of nitrogens with one attached hydrogen (secondary N) is 1. The summed E-state index contributed by atoms with van der Waals surface area (Å²) < 4.78 is 0. The predicted octanol–water partition coefficient (Wildman–Crippen LogP) is 3.35. The lowest BCUT2D eigenvalue weighted by Crippen LogP contribution is -2.27. The molecule has 1 aromatic rings. The van der Waals surface area contributed by atoms with Crippen LogP contribution in [-0.4, -0.2) is 18.3 Å². The van der Waals surface area contributed by atoms with Gasteiger partial charge in [0.05, 0.1) is 0 Å².